The fraction of sp³-hybridized carbons (Fsp3) is 0.385. The van der Waals surface area contributed by atoms with Crippen molar-refractivity contribution >= 4 is 29.3 Å². The molecule has 1 atom stereocenters. The lowest BCUT2D eigenvalue weighted by molar-refractivity contribution is -0.118. The van der Waals surface area contributed by atoms with Crippen LogP contribution < -0.4 is 16.4 Å². The summed E-state index contributed by atoms with van der Waals surface area (Å²) in [6.45, 7) is 0.885. The van der Waals surface area contributed by atoms with Crippen molar-refractivity contribution in [1.82, 2.24) is 5.32 Å². The lowest BCUT2D eigenvalue weighted by Gasteiger charge is -2.13. The third-order valence-electron chi connectivity index (χ3n) is 2.89. The number of hydrogen-bond donors (Lipinski definition) is 3. The average Bonchev–Trinajstić information content (AvgIpc) is 2.91. The zero-order valence-electron chi connectivity index (χ0n) is 10.5. The van der Waals surface area contributed by atoms with Crippen LogP contribution in [0.3, 0.4) is 0 Å². The molecule has 0 radical (unpaired) electrons. The fourth-order valence-electron chi connectivity index (χ4n) is 1.97. The second-order valence-corrected chi connectivity index (χ2v) is 5.41. The molecule has 1 unspecified atom stereocenters. The first-order chi connectivity index (χ1) is 9.16. The van der Waals surface area contributed by atoms with Gasteiger partial charge in [-0.15, -0.1) is 11.8 Å². The number of rotatable bonds is 5. The van der Waals surface area contributed by atoms with E-state index in [1.807, 2.05) is 24.3 Å². The topological polar surface area (TPSA) is 84.2 Å². The van der Waals surface area contributed by atoms with Crippen LogP contribution in [0.4, 0.5) is 5.69 Å². The summed E-state index contributed by atoms with van der Waals surface area (Å²) in [5.74, 6) is -0.192. The first kappa shape index (κ1) is 13.9. The van der Waals surface area contributed by atoms with Crippen molar-refractivity contribution in [2.45, 2.75) is 23.8 Å². The minimum Gasteiger partial charge on any atom is -0.369 e. The number of carbonyl (C=O) groups excluding carboxylic acids is 2. The lowest BCUT2D eigenvalue weighted by atomic mass is 10.2. The summed E-state index contributed by atoms with van der Waals surface area (Å²) in [5.41, 5.74) is 5.86. The van der Waals surface area contributed by atoms with E-state index < -0.39 is 0 Å². The predicted octanol–water partition coefficient (Wildman–Crippen LogP) is 0.954. The van der Waals surface area contributed by atoms with Gasteiger partial charge < -0.3 is 16.4 Å². The second-order valence-electron chi connectivity index (χ2n) is 4.39. The smallest absolute Gasteiger partial charge is 0.241 e. The molecular weight excluding hydrogens is 262 g/mol. The summed E-state index contributed by atoms with van der Waals surface area (Å²) >= 11 is 1.33. The third-order valence-corrected chi connectivity index (χ3v) is 3.99. The van der Waals surface area contributed by atoms with Crippen LogP contribution in [0, 0.1) is 0 Å². The van der Waals surface area contributed by atoms with Crippen LogP contribution in [0.1, 0.15) is 12.8 Å². The van der Waals surface area contributed by atoms with Crippen LogP contribution in [0.15, 0.2) is 29.2 Å². The van der Waals surface area contributed by atoms with Gasteiger partial charge in [0.2, 0.25) is 11.8 Å². The van der Waals surface area contributed by atoms with E-state index in [1.54, 1.807) is 0 Å². The van der Waals surface area contributed by atoms with Crippen LogP contribution in [0.25, 0.3) is 0 Å². The van der Waals surface area contributed by atoms with Crippen molar-refractivity contribution in [3.05, 3.63) is 24.3 Å². The number of nitrogens with two attached hydrogens (primary N) is 1. The Kier molecular flexibility index (Phi) is 4.81. The van der Waals surface area contributed by atoms with E-state index >= 15 is 0 Å². The van der Waals surface area contributed by atoms with Crippen molar-refractivity contribution in [2.75, 3.05) is 17.6 Å². The Bertz CT molecular complexity index is 473. The van der Waals surface area contributed by atoms with E-state index in [9.17, 15) is 9.59 Å². The highest BCUT2D eigenvalue weighted by Gasteiger charge is 2.22. The van der Waals surface area contributed by atoms with Gasteiger partial charge in [-0.2, -0.15) is 0 Å². The minimum atomic E-state index is -0.372. The van der Waals surface area contributed by atoms with Crippen LogP contribution in [0.5, 0.6) is 0 Å². The van der Waals surface area contributed by atoms with E-state index in [-0.39, 0.29) is 23.6 Å². The maximum atomic E-state index is 12.0. The predicted molar refractivity (Wildman–Crippen MR) is 76.0 cm³/mol. The fourth-order valence-corrected chi connectivity index (χ4v) is 2.72. The summed E-state index contributed by atoms with van der Waals surface area (Å²) in [6, 6.07) is 7.30. The molecule has 0 spiro atoms. The molecule has 0 aromatic heterocycles. The minimum absolute atomic E-state index is 0.0235. The number of carbonyl (C=O) groups is 2. The van der Waals surface area contributed by atoms with Gasteiger partial charge in [-0.25, -0.2) is 0 Å². The van der Waals surface area contributed by atoms with Gasteiger partial charge in [-0.1, -0.05) is 12.1 Å². The van der Waals surface area contributed by atoms with E-state index in [0.717, 1.165) is 30.0 Å². The highest BCUT2D eigenvalue weighted by atomic mass is 32.2. The van der Waals surface area contributed by atoms with E-state index in [0.29, 0.717) is 0 Å². The van der Waals surface area contributed by atoms with Crippen molar-refractivity contribution in [2.24, 2.45) is 5.73 Å². The number of thioether (sulfide) groups is 1. The van der Waals surface area contributed by atoms with Crippen LogP contribution >= 0.6 is 11.8 Å². The molecule has 19 heavy (non-hydrogen) atoms. The van der Waals surface area contributed by atoms with Crippen molar-refractivity contribution in [1.29, 1.82) is 0 Å². The Morgan fingerprint density at radius 2 is 2.21 bits per heavy atom. The molecule has 1 aliphatic heterocycles. The van der Waals surface area contributed by atoms with Gasteiger partial charge in [-0.05, 0) is 31.5 Å². The van der Waals surface area contributed by atoms with Crippen LogP contribution in [0.2, 0.25) is 0 Å². The summed E-state index contributed by atoms with van der Waals surface area (Å²) in [4.78, 5) is 23.7. The van der Waals surface area contributed by atoms with Gasteiger partial charge in [0.15, 0.2) is 0 Å². The van der Waals surface area contributed by atoms with E-state index in [1.165, 1.54) is 11.8 Å². The molecule has 1 saturated heterocycles. The number of hydrogen-bond acceptors (Lipinski definition) is 4. The molecular formula is C13H17N3O2S. The SMILES string of the molecule is NC(=O)CSc1ccccc1NC(=O)C1CCCN1. The third kappa shape index (κ3) is 3.97. The number of para-hydroxylation sites is 1. The van der Waals surface area contributed by atoms with E-state index in [2.05, 4.69) is 10.6 Å². The summed E-state index contributed by atoms with van der Waals surface area (Å²) < 4.78 is 0. The monoisotopic (exact) mass is 279 g/mol. The molecule has 1 aromatic rings. The Morgan fingerprint density at radius 3 is 2.89 bits per heavy atom. The quantitative estimate of drug-likeness (QED) is 0.701. The summed E-state index contributed by atoms with van der Waals surface area (Å²) in [7, 11) is 0. The zero-order chi connectivity index (χ0) is 13.7. The number of primary amides is 1. The number of anilines is 1. The Morgan fingerprint density at radius 1 is 1.42 bits per heavy atom. The molecule has 0 saturated carbocycles. The molecule has 4 N–H and O–H groups in total. The molecule has 2 rings (SSSR count). The average molecular weight is 279 g/mol. The zero-order valence-corrected chi connectivity index (χ0v) is 11.3. The van der Waals surface area contributed by atoms with Crippen molar-refractivity contribution in [3.63, 3.8) is 0 Å². The van der Waals surface area contributed by atoms with Gasteiger partial charge in [0, 0.05) is 4.90 Å². The lowest BCUT2D eigenvalue weighted by Crippen LogP contribution is -2.35. The first-order valence-corrected chi connectivity index (χ1v) is 7.20. The largest absolute Gasteiger partial charge is 0.369 e. The standard InChI is InChI=1S/C13H17N3O2S/c14-12(17)8-19-11-6-2-1-4-9(11)16-13(18)10-5-3-7-15-10/h1-2,4,6,10,15H,3,5,7-8H2,(H2,14,17)(H,16,18). The van der Waals surface area contributed by atoms with Crippen LogP contribution in [-0.4, -0.2) is 30.2 Å². The maximum absolute atomic E-state index is 12.0. The van der Waals surface area contributed by atoms with Gasteiger partial charge in [-0.3, -0.25) is 9.59 Å². The molecule has 5 nitrogen and oxygen atoms in total. The summed E-state index contributed by atoms with van der Waals surface area (Å²) in [5, 5.41) is 6.06. The van der Waals surface area contributed by atoms with Gasteiger partial charge >= 0.3 is 0 Å². The van der Waals surface area contributed by atoms with Gasteiger partial charge in [0.25, 0.3) is 0 Å². The van der Waals surface area contributed by atoms with E-state index in [4.69, 9.17) is 5.73 Å². The molecule has 1 fully saturated rings. The highest BCUT2D eigenvalue weighted by Crippen LogP contribution is 2.27. The van der Waals surface area contributed by atoms with Crippen molar-refractivity contribution < 1.29 is 9.59 Å². The second kappa shape index (κ2) is 6.58. The number of benzene rings is 1. The normalized spacial score (nSPS) is 18.2. The maximum Gasteiger partial charge on any atom is 0.241 e. The Hall–Kier alpha value is -1.53. The highest BCUT2D eigenvalue weighted by molar-refractivity contribution is 8.00. The molecule has 2 amide bonds. The van der Waals surface area contributed by atoms with Gasteiger partial charge in [0.1, 0.15) is 0 Å². The molecule has 102 valence electrons. The molecule has 0 bridgehead atoms. The summed E-state index contributed by atoms with van der Waals surface area (Å²) in [6.07, 6.45) is 1.89. The number of nitrogens with one attached hydrogen (secondary N) is 2. The first-order valence-electron chi connectivity index (χ1n) is 6.21. The number of amides is 2. The van der Waals surface area contributed by atoms with Gasteiger partial charge in [0.05, 0.1) is 17.5 Å². The molecule has 1 heterocycles. The molecule has 6 heteroatoms. The van der Waals surface area contributed by atoms with Crippen LogP contribution in [-0.2, 0) is 9.59 Å². The Balaban J connectivity index is 2.02. The molecule has 1 aromatic carbocycles. The van der Waals surface area contributed by atoms with Crippen molar-refractivity contribution in [3.8, 4) is 0 Å². The molecule has 0 aliphatic carbocycles. The Labute approximate surface area is 116 Å². The molecule has 1 aliphatic rings.